The van der Waals surface area contributed by atoms with E-state index in [1.807, 2.05) is 41.5 Å². The lowest BCUT2D eigenvalue weighted by Gasteiger charge is -2.25. The zero-order valence-electron chi connectivity index (χ0n) is 17.9. The van der Waals surface area contributed by atoms with Crippen LogP contribution >= 0.6 is 0 Å². The molecule has 26 heavy (non-hydrogen) atoms. The second-order valence-electron chi connectivity index (χ2n) is 9.92. The molecule has 0 saturated carbocycles. The van der Waals surface area contributed by atoms with Gasteiger partial charge in [0.2, 0.25) is 0 Å². The third-order valence-electron chi connectivity index (χ3n) is 3.72. The Morgan fingerprint density at radius 1 is 1.00 bits per heavy atom. The predicted molar refractivity (Wildman–Crippen MR) is 110 cm³/mol. The molecule has 0 spiro atoms. The average Bonchev–Trinajstić information content (AvgIpc) is 2.43. The molecule has 1 heterocycles. The first-order chi connectivity index (χ1) is 11.6. The number of aromatic nitrogens is 2. The van der Waals surface area contributed by atoms with E-state index in [1.165, 1.54) is 0 Å². The van der Waals surface area contributed by atoms with Gasteiger partial charge in [-0.3, -0.25) is 4.79 Å². The number of ketones is 1. The van der Waals surface area contributed by atoms with Crippen LogP contribution < -0.4 is 0 Å². The van der Waals surface area contributed by atoms with Crippen molar-refractivity contribution < 1.29 is 9.90 Å². The lowest BCUT2D eigenvalue weighted by Crippen LogP contribution is -2.23. The van der Waals surface area contributed by atoms with Gasteiger partial charge in [0.1, 0.15) is 8.07 Å². The van der Waals surface area contributed by atoms with Gasteiger partial charge in [-0.1, -0.05) is 61.2 Å². The molecular formula is C21H34N2O2Si. The SMILES string of the molecule is CC(C)(C)c1nc(C(=O)CCCC#C[Si](C)(C)C)nc(C(C)(C)C)c1O. The van der Waals surface area contributed by atoms with Crippen molar-refractivity contribution in [3.05, 3.63) is 17.2 Å². The zero-order chi connectivity index (χ0) is 20.3. The van der Waals surface area contributed by atoms with Crippen LogP contribution in [0.4, 0.5) is 0 Å². The maximum atomic E-state index is 12.6. The Morgan fingerprint density at radius 3 is 1.85 bits per heavy atom. The minimum Gasteiger partial charge on any atom is -0.504 e. The molecule has 0 aliphatic rings. The number of carbonyl (C=O) groups excluding carboxylic acids is 1. The monoisotopic (exact) mass is 374 g/mol. The minimum atomic E-state index is -1.36. The van der Waals surface area contributed by atoms with E-state index in [0.29, 0.717) is 30.7 Å². The number of Topliss-reactive ketones (excluding diaryl/α,β-unsaturated/α-hetero) is 1. The Hall–Kier alpha value is -1.67. The fourth-order valence-corrected chi connectivity index (χ4v) is 3.06. The topological polar surface area (TPSA) is 63.1 Å². The van der Waals surface area contributed by atoms with E-state index in [9.17, 15) is 9.90 Å². The minimum absolute atomic E-state index is 0.0872. The van der Waals surface area contributed by atoms with Crippen LogP contribution in [0.1, 0.15) is 82.8 Å². The molecule has 0 aliphatic heterocycles. The van der Waals surface area contributed by atoms with Crippen molar-refractivity contribution in [2.24, 2.45) is 0 Å². The van der Waals surface area contributed by atoms with Crippen LogP contribution in [-0.4, -0.2) is 28.9 Å². The van der Waals surface area contributed by atoms with Crippen molar-refractivity contribution in [1.82, 2.24) is 9.97 Å². The van der Waals surface area contributed by atoms with Crippen LogP contribution in [0.15, 0.2) is 0 Å². The molecule has 0 aliphatic carbocycles. The summed E-state index contributed by atoms with van der Waals surface area (Å²) >= 11 is 0. The first-order valence-corrected chi connectivity index (χ1v) is 12.8. The van der Waals surface area contributed by atoms with E-state index in [2.05, 4.69) is 41.1 Å². The van der Waals surface area contributed by atoms with Crippen molar-refractivity contribution >= 4 is 13.9 Å². The van der Waals surface area contributed by atoms with Gasteiger partial charge in [0.25, 0.3) is 0 Å². The molecule has 1 aromatic rings. The van der Waals surface area contributed by atoms with Gasteiger partial charge < -0.3 is 5.11 Å². The summed E-state index contributed by atoms with van der Waals surface area (Å²) in [6, 6.07) is 0. The van der Waals surface area contributed by atoms with Crippen LogP contribution in [0.5, 0.6) is 5.75 Å². The van der Waals surface area contributed by atoms with Gasteiger partial charge in [-0.2, -0.15) is 0 Å². The molecule has 0 radical (unpaired) electrons. The fraction of sp³-hybridized carbons (Fsp3) is 0.667. The van der Waals surface area contributed by atoms with Crippen LogP contribution in [0.25, 0.3) is 0 Å². The third kappa shape index (κ3) is 6.57. The fourth-order valence-electron chi connectivity index (χ4n) is 2.40. The number of nitrogens with zero attached hydrogens (tertiary/aromatic N) is 2. The molecule has 0 amide bonds. The normalized spacial score (nSPS) is 12.5. The molecule has 144 valence electrons. The Labute approximate surface area is 159 Å². The van der Waals surface area contributed by atoms with E-state index in [1.54, 1.807) is 0 Å². The number of hydrogen-bond acceptors (Lipinski definition) is 4. The highest BCUT2D eigenvalue weighted by molar-refractivity contribution is 6.83. The molecule has 1 N–H and O–H groups in total. The average molecular weight is 375 g/mol. The maximum absolute atomic E-state index is 12.6. The summed E-state index contributed by atoms with van der Waals surface area (Å²) in [6.45, 7) is 18.5. The van der Waals surface area contributed by atoms with E-state index in [0.717, 1.165) is 0 Å². The first-order valence-electron chi connectivity index (χ1n) is 9.28. The third-order valence-corrected chi connectivity index (χ3v) is 4.65. The molecule has 1 aromatic heterocycles. The predicted octanol–water partition coefficient (Wildman–Crippen LogP) is 5.01. The molecule has 0 fully saturated rings. The highest BCUT2D eigenvalue weighted by atomic mass is 28.3. The molecule has 0 unspecified atom stereocenters. The van der Waals surface area contributed by atoms with Crippen molar-refractivity contribution in [2.45, 2.75) is 91.3 Å². The molecule has 0 saturated heterocycles. The Balaban J connectivity index is 3.08. The van der Waals surface area contributed by atoms with Crippen LogP contribution in [0.2, 0.25) is 19.6 Å². The van der Waals surface area contributed by atoms with Gasteiger partial charge in [-0.05, 0) is 6.42 Å². The number of hydrogen-bond donors (Lipinski definition) is 1. The number of aromatic hydroxyl groups is 1. The van der Waals surface area contributed by atoms with Crippen molar-refractivity contribution in [2.75, 3.05) is 0 Å². The van der Waals surface area contributed by atoms with E-state index in [-0.39, 0.29) is 28.2 Å². The van der Waals surface area contributed by atoms with E-state index < -0.39 is 8.07 Å². The Morgan fingerprint density at radius 2 is 1.46 bits per heavy atom. The summed E-state index contributed by atoms with van der Waals surface area (Å²) in [5, 5.41) is 10.6. The summed E-state index contributed by atoms with van der Waals surface area (Å²) in [6.07, 6.45) is 1.79. The summed E-state index contributed by atoms with van der Waals surface area (Å²) in [5.41, 5.74) is 3.63. The van der Waals surface area contributed by atoms with Crippen LogP contribution in [0, 0.1) is 11.5 Å². The summed E-state index contributed by atoms with van der Waals surface area (Å²) in [5.74, 6) is 3.41. The lowest BCUT2D eigenvalue weighted by atomic mass is 9.85. The van der Waals surface area contributed by atoms with E-state index in [4.69, 9.17) is 0 Å². The van der Waals surface area contributed by atoms with Gasteiger partial charge in [0.05, 0.1) is 11.4 Å². The standard InChI is InChI=1S/C21H34N2O2Si/c1-20(2,3)17-16(25)18(21(4,5)6)23-19(22-17)15(24)13-11-10-12-14-26(7,8)9/h25H,10-11,13H2,1-9H3. The summed E-state index contributed by atoms with van der Waals surface area (Å²) in [4.78, 5) is 21.5. The van der Waals surface area contributed by atoms with Gasteiger partial charge >= 0.3 is 0 Å². The molecular weight excluding hydrogens is 340 g/mol. The Bertz CT molecular complexity index is 689. The van der Waals surface area contributed by atoms with Gasteiger partial charge in [0.15, 0.2) is 17.4 Å². The second kappa shape index (κ2) is 7.92. The van der Waals surface area contributed by atoms with Crippen LogP contribution in [0.3, 0.4) is 0 Å². The highest BCUT2D eigenvalue weighted by Gasteiger charge is 2.30. The number of carbonyl (C=O) groups is 1. The summed E-state index contributed by atoms with van der Waals surface area (Å²) in [7, 11) is -1.36. The molecule has 0 bridgehead atoms. The molecule has 0 atom stereocenters. The maximum Gasteiger partial charge on any atom is 0.200 e. The lowest BCUT2D eigenvalue weighted by molar-refractivity contribution is 0.0969. The van der Waals surface area contributed by atoms with E-state index >= 15 is 0 Å². The number of rotatable bonds is 4. The van der Waals surface area contributed by atoms with Gasteiger partial charge in [0, 0.05) is 23.7 Å². The van der Waals surface area contributed by atoms with Crippen molar-refractivity contribution in [1.29, 1.82) is 0 Å². The molecule has 1 rings (SSSR count). The smallest absolute Gasteiger partial charge is 0.200 e. The molecule has 5 heteroatoms. The summed E-state index contributed by atoms with van der Waals surface area (Å²) < 4.78 is 0. The molecule has 0 aromatic carbocycles. The first kappa shape index (κ1) is 22.4. The molecule has 4 nitrogen and oxygen atoms in total. The van der Waals surface area contributed by atoms with Gasteiger partial charge in [-0.15, -0.1) is 11.5 Å². The second-order valence-corrected chi connectivity index (χ2v) is 14.7. The van der Waals surface area contributed by atoms with Crippen molar-refractivity contribution in [3.8, 4) is 17.2 Å². The van der Waals surface area contributed by atoms with Crippen molar-refractivity contribution in [3.63, 3.8) is 0 Å². The van der Waals surface area contributed by atoms with Gasteiger partial charge in [-0.25, -0.2) is 9.97 Å². The highest BCUT2D eigenvalue weighted by Crippen LogP contribution is 2.36. The zero-order valence-corrected chi connectivity index (χ0v) is 18.9. The Kier molecular flexibility index (Phi) is 6.81. The number of unbranched alkanes of at least 4 members (excludes halogenated alkanes) is 1. The quantitative estimate of drug-likeness (QED) is 0.348. The van der Waals surface area contributed by atoms with Crippen LogP contribution in [-0.2, 0) is 10.8 Å². The largest absolute Gasteiger partial charge is 0.504 e.